The molecule has 0 saturated carbocycles. The van der Waals surface area contributed by atoms with E-state index in [4.69, 9.17) is 21.7 Å². The topological polar surface area (TPSA) is 85.9 Å². The molecule has 0 radical (unpaired) electrons. The minimum Gasteiger partial charge on any atom is -0.497 e. The van der Waals surface area contributed by atoms with E-state index in [2.05, 4.69) is 15.4 Å². The third kappa shape index (κ3) is 6.03. The maximum absolute atomic E-state index is 12.5. The Labute approximate surface area is 184 Å². The minimum absolute atomic E-state index is 0.0959. The zero-order chi connectivity index (χ0) is 22.2. The van der Waals surface area contributed by atoms with Crippen LogP contribution in [0.2, 0.25) is 0 Å². The fourth-order valence-corrected chi connectivity index (χ4v) is 2.85. The summed E-state index contributed by atoms with van der Waals surface area (Å²) in [7, 11) is 2.90. The third-order valence-corrected chi connectivity index (χ3v) is 4.39. The van der Waals surface area contributed by atoms with Crippen molar-refractivity contribution in [3.63, 3.8) is 0 Å². The average molecular weight is 436 g/mol. The number of nitrogens with one attached hydrogen (secondary N) is 2. The Morgan fingerprint density at radius 1 is 0.774 bits per heavy atom. The van der Waals surface area contributed by atoms with E-state index >= 15 is 0 Å². The summed E-state index contributed by atoms with van der Waals surface area (Å²) in [6.45, 7) is 0. The zero-order valence-electron chi connectivity index (χ0n) is 16.9. The molecular weight excluding hydrogens is 416 g/mol. The number of methoxy groups -OCH3 is 2. The van der Waals surface area contributed by atoms with Crippen LogP contribution in [0, 0.1) is 0 Å². The molecule has 31 heavy (non-hydrogen) atoms. The van der Waals surface area contributed by atoms with Crippen LogP contribution < -0.4 is 20.1 Å². The Morgan fingerprint density at radius 3 is 2.06 bits per heavy atom. The Kier molecular flexibility index (Phi) is 7.18. The number of benzene rings is 3. The summed E-state index contributed by atoms with van der Waals surface area (Å²) < 4.78 is 15.4. The summed E-state index contributed by atoms with van der Waals surface area (Å²) >= 11 is 5.23. The van der Waals surface area contributed by atoms with Crippen LogP contribution in [0.5, 0.6) is 11.5 Å². The van der Waals surface area contributed by atoms with Crippen LogP contribution in [0.1, 0.15) is 20.7 Å². The molecule has 0 unspecified atom stereocenters. The van der Waals surface area contributed by atoms with Crippen molar-refractivity contribution in [2.45, 2.75) is 0 Å². The fourth-order valence-electron chi connectivity index (χ4n) is 2.64. The molecule has 3 aromatic rings. The van der Waals surface area contributed by atoms with Gasteiger partial charge in [-0.05, 0) is 78.9 Å². The van der Waals surface area contributed by atoms with E-state index in [1.54, 1.807) is 79.9 Å². The van der Waals surface area contributed by atoms with Gasteiger partial charge in [-0.1, -0.05) is 6.07 Å². The molecule has 3 rings (SSSR count). The van der Waals surface area contributed by atoms with Gasteiger partial charge >= 0.3 is 5.97 Å². The Hall–Kier alpha value is -3.91. The molecule has 0 aromatic heterocycles. The van der Waals surface area contributed by atoms with E-state index in [-0.39, 0.29) is 11.1 Å². The van der Waals surface area contributed by atoms with Crippen molar-refractivity contribution in [2.75, 3.05) is 24.9 Å². The number of anilines is 2. The lowest BCUT2D eigenvalue weighted by molar-refractivity contribution is 0.0600. The first kappa shape index (κ1) is 21.8. The lowest BCUT2D eigenvalue weighted by atomic mass is 10.2. The highest BCUT2D eigenvalue weighted by Crippen LogP contribution is 2.19. The van der Waals surface area contributed by atoms with Gasteiger partial charge in [0.1, 0.15) is 11.5 Å². The summed E-state index contributed by atoms with van der Waals surface area (Å²) in [4.78, 5) is 24.0. The van der Waals surface area contributed by atoms with Crippen LogP contribution in [0.25, 0.3) is 0 Å². The number of amides is 1. The van der Waals surface area contributed by atoms with E-state index in [9.17, 15) is 9.59 Å². The van der Waals surface area contributed by atoms with Crippen LogP contribution in [0.3, 0.4) is 0 Å². The first-order valence-corrected chi connectivity index (χ1v) is 9.62. The number of ether oxygens (including phenoxy) is 3. The molecule has 1 amide bonds. The van der Waals surface area contributed by atoms with Gasteiger partial charge in [0.05, 0.1) is 19.8 Å². The molecule has 7 nitrogen and oxygen atoms in total. The van der Waals surface area contributed by atoms with Gasteiger partial charge in [0.2, 0.25) is 0 Å². The van der Waals surface area contributed by atoms with Gasteiger partial charge in [0, 0.05) is 16.9 Å². The lowest BCUT2D eigenvalue weighted by Gasteiger charge is -2.11. The summed E-state index contributed by atoms with van der Waals surface area (Å²) in [6.07, 6.45) is 0. The third-order valence-electron chi connectivity index (χ3n) is 4.21. The maximum atomic E-state index is 12.5. The Balaban J connectivity index is 1.60. The largest absolute Gasteiger partial charge is 0.497 e. The van der Waals surface area contributed by atoms with E-state index in [1.165, 1.54) is 7.11 Å². The first-order chi connectivity index (χ1) is 15.0. The molecule has 158 valence electrons. The zero-order valence-corrected chi connectivity index (χ0v) is 17.7. The standard InChI is InChI=1S/C23H20N2O5S/c1-28-19-12-10-17(11-13-19)24-21(26)16-4-3-5-20(14-16)30-23(31)25-18-8-6-15(7-9-18)22(27)29-2/h3-14H,1-2H3,(H,24,26)(H,25,31). The van der Waals surface area contributed by atoms with Gasteiger partial charge in [-0.3, -0.25) is 4.79 Å². The highest BCUT2D eigenvalue weighted by atomic mass is 32.1. The summed E-state index contributed by atoms with van der Waals surface area (Å²) in [5, 5.41) is 5.83. The van der Waals surface area contributed by atoms with Crippen LogP contribution in [0.15, 0.2) is 72.8 Å². The summed E-state index contributed by atoms with van der Waals surface area (Å²) in [5.41, 5.74) is 2.13. The predicted octanol–water partition coefficient (Wildman–Crippen LogP) is 4.51. The van der Waals surface area contributed by atoms with Crippen molar-refractivity contribution < 1.29 is 23.8 Å². The van der Waals surface area contributed by atoms with Crippen molar-refractivity contribution in [1.29, 1.82) is 0 Å². The smallest absolute Gasteiger partial charge is 0.337 e. The summed E-state index contributed by atoms with van der Waals surface area (Å²) in [5.74, 6) is 0.406. The van der Waals surface area contributed by atoms with Gasteiger partial charge in [-0.15, -0.1) is 0 Å². The molecule has 0 aliphatic rings. The molecule has 0 aliphatic carbocycles. The predicted molar refractivity (Wildman–Crippen MR) is 122 cm³/mol. The molecule has 3 aromatic carbocycles. The number of hydrogen-bond acceptors (Lipinski definition) is 6. The lowest BCUT2D eigenvalue weighted by Crippen LogP contribution is -2.17. The molecule has 0 spiro atoms. The van der Waals surface area contributed by atoms with Crippen LogP contribution in [0.4, 0.5) is 11.4 Å². The minimum atomic E-state index is -0.421. The highest BCUT2D eigenvalue weighted by molar-refractivity contribution is 7.80. The molecule has 0 bridgehead atoms. The number of carbonyl (C=O) groups excluding carboxylic acids is 2. The number of thiocarbonyl (C=S) groups is 1. The Bertz CT molecular complexity index is 1080. The normalized spacial score (nSPS) is 10.0. The van der Waals surface area contributed by atoms with Crippen LogP contribution in [-0.2, 0) is 4.74 Å². The van der Waals surface area contributed by atoms with Crippen molar-refractivity contribution in [3.8, 4) is 11.5 Å². The number of carbonyl (C=O) groups is 2. The molecule has 2 N–H and O–H groups in total. The van der Waals surface area contributed by atoms with Crippen molar-refractivity contribution in [3.05, 3.63) is 83.9 Å². The number of hydrogen-bond donors (Lipinski definition) is 2. The van der Waals surface area contributed by atoms with Crippen molar-refractivity contribution >= 4 is 40.6 Å². The fraction of sp³-hybridized carbons (Fsp3) is 0.0870. The van der Waals surface area contributed by atoms with Gasteiger partial charge in [-0.2, -0.15) is 0 Å². The average Bonchev–Trinajstić information content (AvgIpc) is 2.79. The van der Waals surface area contributed by atoms with Crippen LogP contribution in [-0.4, -0.2) is 31.3 Å². The van der Waals surface area contributed by atoms with Crippen molar-refractivity contribution in [2.24, 2.45) is 0 Å². The van der Waals surface area contributed by atoms with E-state index < -0.39 is 5.97 Å². The maximum Gasteiger partial charge on any atom is 0.337 e. The number of esters is 1. The van der Waals surface area contributed by atoms with E-state index in [0.29, 0.717) is 34.0 Å². The first-order valence-electron chi connectivity index (χ1n) is 9.21. The van der Waals surface area contributed by atoms with Crippen molar-refractivity contribution in [1.82, 2.24) is 0 Å². The molecule has 0 saturated heterocycles. The molecule has 0 aliphatic heterocycles. The second-order valence-electron chi connectivity index (χ2n) is 6.29. The molecule has 0 fully saturated rings. The molecular formula is C23H20N2O5S. The van der Waals surface area contributed by atoms with Gasteiger partial charge in [-0.25, -0.2) is 4.79 Å². The SMILES string of the molecule is COC(=O)c1ccc(NC(=S)Oc2cccc(C(=O)Nc3ccc(OC)cc3)c2)cc1. The highest BCUT2D eigenvalue weighted by Gasteiger charge is 2.10. The van der Waals surface area contributed by atoms with Gasteiger partial charge in [0.15, 0.2) is 0 Å². The van der Waals surface area contributed by atoms with Crippen LogP contribution >= 0.6 is 12.2 Å². The quantitative estimate of drug-likeness (QED) is 0.434. The molecule has 8 heteroatoms. The van der Waals surface area contributed by atoms with Gasteiger partial charge < -0.3 is 24.8 Å². The molecule has 0 heterocycles. The Morgan fingerprint density at radius 2 is 1.42 bits per heavy atom. The number of rotatable bonds is 6. The molecule has 0 atom stereocenters. The van der Waals surface area contributed by atoms with E-state index in [1.807, 2.05) is 0 Å². The second-order valence-corrected chi connectivity index (χ2v) is 6.66. The summed E-state index contributed by atoms with van der Waals surface area (Å²) in [6, 6.07) is 20.3. The van der Waals surface area contributed by atoms with E-state index in [0.717, 1.165) is 0 Å². The van der Waals surface area contributed by atoms with Gasteiger partial charge in [0.25, 0.3) is 11.1 Å². The monoisotopic (exact) mass is 436 g/mol. The second kappa shape index (κ2) is 10.2.